The van der Waals surface area contributed by atoms with E-state index in [1.54, 1.807) is 0 Å². The third-order valence-corrected chi connectivity index (χ3v) is 0.387. The van der Waals surface area contributed by atoms with E-state index in [9.17, 15) is 4.79 Å². The van der Waals surface area contributed by atoms with Gasteiger partial charge in [-0.15, -0.1) is 0 Å². The van der Waals surface area contributed by atoms with E-state index >= 15 is 0 Å². The number of hydrogen-bond donors (Lipinski definition) is 0. The molecule has 4 heteroatoms. The Hall–Kier alpha value is -1.06. The van der Waals surface area contributed by atoms with Gasteiger partial charge >= 0.3 is 0 Å². The van der Waals surface area contributed by atoms with Crippen LogP contribution in [0, 0.1) is 0 Å². The predicted octanol–water partition coefficient (Wildman–Crippen LogP) is -0.208. The Bertz CT molecular complexity index is 81.4. The van der Waals surface area contributed by atoms with Gasteiger partial charge in [0, 0.05) is 0 Å². The lowest BCUT2D eigenvalue weighted by atomic mass is 10.8. The lowest BCUT2D eigenvalue weighted by Gasteiger charge is -1.87. The molecule has 0 aliphatic rings. The van der Waals surface area contributed by atoms with Gasteiger partial charge in [0.15, 0.2) is 6.29 Å². The van der Waals surface area contributed by atoms with Crippen molar-refractivity contribution in [3.05, 3.63) is 0 Å². The summed E-state index contributed by atoms with van der Waals surface area (Å²) in [6.07, 6.45) is 1.69. The summed E-state index contributed by atoms with van der Waals surface area (Å²) < 4.78 is 4.44. The third kappa shape index (κ3) is 4.94. The fraction of sp³-hybridized carbons (Fsp3) is 0.500. The second-order valence-corrected chi connectivity index (χ2v) is 0.893. The van der Waals surface area contributed by atoms with Crippen molar-refractivity contribution < 1.29 is 14.4 Å². The van der Waals surface area contributed by atoms with Crippen LogP contribution >= 0.6 is 0 Å². The molecule has 46 valence electrons. The first-order chi connectivity index (χ1) is 3.91. The number of carbonyl (C=O) groups excluding carboxylic acids is 1. The minimum atomic E-state index is 0.0207. The number of carbonyl (C=O) groups is 1. The van der Waals surface area contributed by atoms with Crippen molar-refractivity contribution in [1.29, 1.82) is 0 Å². The molecule has 0 bridgehead atoms. The number of nitrogens with zero attached hydrogens (tertiary/aromatic N) is 1. The second kappa shape index (κ2) is 5.94. The van der Waals surface area contributed by atoms with Gasteiger partial charge in [0.25, 0.3) is 0 Å². The lowest BCUT2D eigenvalue weighted by Crippen LogP contribution is -1.91. The van der Waals surface area contributed by atoms with Crippen molar-refractivity contribution in [3.8, 4) is 0 Å². The summed E-state index contributed by atoms with van der Waals surface area (Å²) in [7, 11) is 1.39. The topological polar surface area (TPSA) is 47.9 Å². The van der Waals surface area contributed by atoms with Crippen molar-refractivity contribution in [1.82, 2.24) is 0 Å². The van der Waals surface area contributed by atoms with Crippen LogP contribution in [0.5, 0.6) is 0 Å². The molecule has 0 aliphatic carbocycles. The molecule has 0 aliphatic heterocycles. The minimum absolute atomic E-state index is 0.0207. The van der Waals surface area contributed by atoms with Crippen molar-refractivity contribution in [3.63, 3.8) is 0 Å². The normalized spacial score (nSPS) is 9.12. The molecule has 0 unspecified atom stereocenters. The summed E-state index contributed by atoms with van der Waals surface area (Å²) in [5.41, 5.74) is 0. The van der Waals surface area contributed by atoms with Crippen LogP contribution < -0.4 is 0 Å². The van der Waals surface area contributed by atoms with Gasteiger partial charge in [-0.05, 0) is 0 Å². The summed E-state index contributed by atoms with van der Waals surface area (Å²) in [5, 5.41) is 3.20. The molecule has 8 heavy (non-hydrogen) atoms. The quantitative estimate of drug-likeness (QED) is 0.168. The van der Waals surface area contributed by atoms with Crippen molar-refractivity contribution in [2.45, 2.75) is 0 Å². The maximum atomic E-state index is 9.54. The minimum Gasteiger partial charge on any atom is -0.473 e. The van der Waals surface area contributed by atoms with Crippen molar-refractivity contribution >= 4 is 12.7 Å². The third-order valence-electron chi connectivity index (χ3n) is 0.387. The van der Waals surface area contributed by atoms with Crippen LogP contribution in [0.1, 0.15) is 0 Å². The molecule has 0 saturated heterocycles. The number of hydrogen-bond acceptors (Lipinski definition) is 4. The maximum Gasteiger partial charge on any atom is 0.212 e. The predicted molar refractivity (Wildman–Crippen MR) is 27.5 cm³/mol. The molecular formula is C4H7NO3. The molecule has 0 aromatic rings. The molecule has 4 nitrogen and oxygen atoms in total. The number of oxime groups is 1. The highest BCUT2D eigenvalue weighted by atomic mass is 16.6. The standard InChI is InChI=1S/C4H7NO3/c1-7-5-4-8-3-2-6/h2,4H,3H2,1H3. The van der Waals surface area contributed by atoms with Gasteiger partial charge in [0.05, 0.1) is 0 Å². The van der Waals surface area contributed by atoms with Crippen LogP contribution in [0.2, 0.25) is 0 Å². The monoisotopic (exact) mass is 117 g/mol. The molecule has 0 rings (SSSR count). The largest absolute Gasteiger partial charge is 0.473 e. The van der Waals surface area contributed by atoms with E-state index in [0.29, 0.717) is 6.29 Å². The molecule has 0 heterocycles. The molecule has 0 radical (unpaired) electrons. The second-order valence-electron chi connectivity index (χ2n) is 0.893. The summed E-state index contributed by atoms with van der Waals surface area (Å²) in [4.78, 5) is 13.8. The summed E-state index contributed by atoms with van der Waals surface area (Å²) in [6.45, 7) is 0.0207. The first-order valence-corrected chi connectivity index (χ1v) is 2.02. The van der Waals surface area contributed by atoms with Crippen LogP contribution in [0.4, 0.5) is 0 Å². The van der Waals surface area contributed by atoms with Gasteiger partial charge in [-0.2, -0.15) is 0 Å². The highest BCUT2D eigenvalue weighted by Gasteiger charge is 1.72. The first-order valence-electron chi connectivity index (χ1n) is 2.02. The molecular weight excluding hydrogens is 110 g/mol. The van der Waals surface area contributed by atoms with E-state index in [1.807, 2.05) is 0 Å². The van der Waals surface area contributed by atoms with Gasteiger partial charge in [-0.25, -0.2) is 0 Å². The molecule has 0 aromatic carbocycles. The average Bonchev–Trinajstić information content (AvgIpc) is 1.81. The summed E-state index contributed by atoms with van der Waals surface area (Å²) in [6, 6.07) is 0. The Kier molecular flexibility index (Phi) is 5.15. The Morgan fingerprint density at radius 3 is 3.00 bits per heavy atom. The Morgan fingerprint density at radius 1 is 1.75 bits per heavy atom. The molecule has 0 amide bonds. The van der Waals surface area contributed by atoms with E-state index in [-0.39, 0.29) is 6.61 Å². The molecule has 0 N–H and O–H groups in total. The van der Waals surface area contributed by atoms with Gasteiger partial charge in [0.2, 0.25) is 6.40 Å². The van der Waals surface area contributed by atoms with E-state index < -0.39 is 0 Å². The zero-order valence-electron chi connectivity index (χ0n) is 4.53. The Morgan fingerprint density at radius 2 is 2.50 bits per heavy atom. The molecule has 0 aromatic heterocycles. The van der Waals surface area contributed by atoms with Crippen LogP contribution in [-0.4, -0.2) is 26.4 Å². The van der Waals surface area contributed by atoms with Gasteiger partial charge in [-0.3, -0.25) is 4.79 Å². The zero-order chi connectivity index (χ0) is 6.24. The van der Waals surface area contributed by atoms with Crippen molar-refractivity contribution in [2.75, 3.05) is 13.7 Å². The SMILES string of the molecule is CON=COCC=O. The van der Waals surface area contributed by atoms with E-state index in [4.69, 9.17) is 0 Å². The highest BCUT2D eigenvalue weighted by molar-refractivity contribution is 5.55. The molecule has 0 saturated carbocycles. The van der Waals surface area contributed by atoms with Crippen LogP contribution in [0.15, 0.2) is 5.16 Å². The summed E-state index contributed by atoms with van der Waals surface area (Å²) >= 11 is 0. The van der Waals surface area contributed by atoms with Crippen LogP contribution in [0.25, 0.3) is 0 Å². The highest BCUT2D eigenvalue weighted by Crippen LogP contribution is 1.65. The molecule has 0 fully saturated rings. The fourth-order valence-electron chi connectivity index (χ4n) is 0.156. The van der Waals surface area contributed by atoms with Gasteiger partial charge in [-0.1, -0.05) is 5.16 Å². The van der Waals surface area contributed by atoms with Crippen LogP contribution in [0.3, 0.4) is 0 Å². The number of aldehydes is 1. The van der Waals surface area contributed by atoms with Gasteiger partial charge < -0.3 is 9.57 Å². The Labute approximate surface area is 47.1 Å². The van der Waals surface area contributed by atoms with Crippen LogP contribution in [-0.2, 0) is 14.4 Å². The Balaban J connectivity index is 2.90. The van der Waals surface area contributed by atoms with E-state index in [0.717, 1.165) is 6.40 Å². The van der Waals surface area contributed by atoms with E-state index in [2.05, 4.69) is 14.7 Å². The van der Waals surface area contributed by atoms with Gasteiger partial charge in [0.1, 0.15) is 13.7 Å². The fourth-order valence-corrected chi connectivity index (χ4v) is 0.156. The molecule has 0 atom stereocenters. The number of rotatable bonds is 4. The summed E-state index contributed by atoms with van der Waals surface area (Å²) in [5.74, 6) is 0. The number of ether oxygens (including phenoxy) is 1. The van der Waals surface area contributed by atoms with E-state index in [1.165, 1.54) is 7.11 Å². The molecule has 0 spiro atoms. The lowest BCUT2D eigenvalue weighted by molar-refractivity contribution is -0.109. The van der Waals surface area contributed by atoms with Crippen molar-refractivity contribution in [2.24, 2.45) is 5.16 Å². The zero-order valence-corrected chi connectivity index (χ0v) is 4.53. The smallest absolute Gasteiger partial charge is 0.212 e. The maximum absolute atomic E-state index is 9.54. The first kappa shape index (κ1) is 6.94. The average molecular weight is 117 g/mol.